The standard InChI is InChI=1S/C28H29FN2O3/c1-18(2)31-10-9-24-25(21-6-4-5-19(11-21)16-30)12-20(13-26(24)31)17-34-27-15-23(29)8-7-22(27)14-28(32)33-3/h4-13,15,18H,14,16-17,30H2,1-3H3. The first kappa shape index (κ1) is 23.5. The maximum Gasteiger partial charge on any atom is 0.310 e. The van der Waals surface area contributed by atoms with Crippen LogP contribution in [0.25, 0.3) is 22.0 Å². The van der Waals surface area contributed by atoms with Gasteiger partial charge < -0.3 is 19.8 Å². The molecule has 0 saturated heterocycles. The third-order valence-electron chi connectivity index (χ3n) is 5.91. The van der Waals surface area contributed by atoms with E-state index in [-0.39, 0.29) is 19.1 Å². The average Bonchev–Trinajstić information content (AvgIpc) is 3.28. The lowest BCUT2D eigenvalue weighted by Crippen LogP contribution is -2.07. The smallest absolute Gasteiger partial charge is 0.310 e. The molecule has 2 N–H and O–H groups in total. The first-order valence-corrected chi connectivity index (χ1v) is 11.3. The Bertz CT molecular complexity index is 1330. The predicted octanol–water partition coefficient (Wildman–Crippen LogP) is 5.78. The topological polar surface area (TPSA) is 66.5 Å². The molecule has 0 radical (unpaired) electrons. The number of nitrogens with two attached hydrogens (primary N) is 1. The van der Waals surface area contributed by atoms with Crippen molar-refractivity contribution in [3.8, 4) is 16.9 Å². The van der Waals surface area contributed by atoms with Crippen LogP contribution in [-0.2, 0) is 29.1 Å². The normalized spacial score (nSPS) is 11.2. The number of ether oxygens (including phenoxy) is 2. The van der Waals surface area contributed by atoms with Gasteiger partial charge in [0.05, 0.1) is 13.5 Å². The summed E-state index contributed by atoms with van der Waals surface area (Å²) >= 11 is 0. The van der Waals surface area contributed by atoms with Crippen LogP contribution in [0.15, 0.2) is 66.9 Å². The van der Waals surface area contributed by atoms with Gasteiger partial charge in [-0.1, -0.05) is 24.3 Å². The summed E-state index contributed by atoms with van der Waals surface area (Å²) in [6.45, 7) is 4.97. The second kappa shape index (κ2) is 10.1. The van der Waals surface area contributed by atoms with Gasteiger partial charge in [0.2, 0.25) is 0 Å². The molecule has 0 aliphatic rings. The van der Waals surface area contributed by atoms with E-state index in [9.17, 15) is 9.18 Å². The van der Waals surface area contributed by atoms with Gasteiger partial charge in [0.15, 0.2) is 0 Å². The maximum absolute atomic E-state index is 13.9. The van der Waals surface area contributed by atoms with Gasteiger partial charge in [-0.2, -0.15) is 0 Å². The van der Waals surface area contributed by atoms with E-state index in [0.717, 1.165) is 33.2 Å². The zero-order valence-electron chi connectivity index (χ0n) is 19.7. The fourth-order valence-corrected chi connectivity index (χ4v) is 4.16. The third-order valence-corrected chi connectivity index (χ3v) is 5.91. The van der Waals surface area contributed by atoms with Crippen LogP contribution in [0.2, 0.25) is 0 Å². The number of esters is 1. The van der Waals surface area contributed by atoms with E-state index in [0.29, 0.717) is 17.9 Å². The van der Waals surface area contributed by atoms with Crippen molar-refractivity contribution in [2.45, 2.75) is 39.5 Å². The number of aromatic nitrogens is 1. The molecule has 4 rings (SSSR count). The number of nitrogens with zero attached hydrogens (tertiary/aromatic N) is 1. The summed E-state index contributed by atoms with van der Waals surface area (Å²) < 4.78 is 27.0. The highest BCUT2D eigenvalue weighted by atomic mass is 19.1. The highest BCUT2D eigenvalue weighted by Crippen LogP contribution is 2.33. The fraction of sp³-hybridized carbons (Fsp3) is 0.250. The Balaban J connectivity index is 1.74. The van der Waals surface area contributed by atoms with E-state index >= 15 is 0 Å². The lowest BCUT2D eigenvalue weighted by Gasteiger charge is -2.15. The van der Waals surface area contributed by atoms with Crippen LogP contribution < -0.4 is 10.5 Å². The summed E-state index contributed by atoms with van der Waals surface area (Å²) in [5, 5.41) is 1.14. The molecule has 5 nitrogen and oxygen atoms in total. The van der Waals surface area contributed by atoms with Crippen LogP contribution in [0.3, 0.4) is 0 Å². The average molecular weight is 461 g/mol. The van der Waals surface area contributed by atoms with Gasteiger partial charge in [0, 0.05) is 41.3 Å². The van der Waals surface area contributed by atoms with E-state index in [1.807, 2.05) is 12.1 Å². The Morgan fingerprint density at radius 3 is 2.62 bits per heavy atom. The highest BCUT2D eigenvalue weighted by molar-refractivity contribution is 5.96. The Morgan fingerprint density at radius 1 is 1.06 bits per heavy atom. The highest BCUT2D eigenvalue weighted by Gasteiger charge is 2.15. The molecule has 34 heavy (non-hydrogen) atoms. The zero-order chi connectivity index (χ0) is 24.2. The number of benzene rings is 3. The second-order valence-electron chi connectivity index (χ2n) is 8.59. The molecule has 3 aromatic carbocycles. The van der Waals surface area contributed by atoms with E-state index in [1.165, 1.54) is 19.2 Å². The van der Waals surface area contributed by atoms with Gasteiger partial charge in [-0.3, -0.25) is 4.79 Å². The number of carbonyl (C=O) groups excluding carboxylic acids is 1. The van der Waals surface area contributed by atoms with Crippen LogP contribution in [0.1, 0.15) is 36.6 Å². The van der Waals surface area contributed by atoms with Gasteiger partial charge >= 0.3 is 5.97 Å². The summed E-state index contributed by atoms with van der Waals surface area (Å²) in [4.78, 5) is 11.8. The SMILES string of the molecule is COC(=O)Cc1ccc(F)cc1OCc1cc(-c2cccc(CN)c2)c2ccn(C(C)C)c2c1. The molecule has 6 heteroatoms. The van der Waals surface area contributed by atoms with Crippen LogP contribution in [0, 0.1) is 5.82 Å². The minimum Gasteiger partial charge on any atom is -0.488 e. The molecule has 1 aromatic heterocycles. The molecular formula is C28H29FN2O3. The van der Waals surface area contributed by atoms with E-state index in [4.69, 9.17) is 15.2 Å². The van der Waals surface area contributed by atoms with Crippen molar-refractivity contribution >= 4 is 16.9 Å². The second-order valence-corrected chi connectivity index (χ2v) is 8.59. The first-order valence-electron chi connectivity index (χ1n) is 11.3. The van der Waals surface area contributed by atoms with Gasteiger partial charge in [-0.25, -0.2) is 4.39 Å². The minimum absolute atomic E-state index is 0.0124. The number of fused-ring (bicyclic) bond motifs is 1. The summed E-state index contributed by atoms with van der Waals surface area (Å²) in [5.41, 5.74) is 11.7. The zero-order valence-corrected chi connectivity index (χ0v) is 19.7. The summed E-state index contributed by atoms with van der Waals surface area (Å²) in [5.74, 6) is -0.502. The van der Waals surface area contributed by atoms with Crippen molar-refractivity contribution in [2.24, 2.45) is 5.73 Å². The largest absolute Gasteiger partial charge is 0.488 e. The predicted molar refractivity (Wildman–Crippen MR) is 132 cm³/mol. The van der Waals surface area contributed by atoms with E-state index < -0.39 is 11.8 Å². The summed E-state index contributed by atoms with van der Waals surface area (Å²) in [7, 11) is 1.33. The maximum atomic E-state index is 13.9. The van der Waals surface area contributed by atoms with Crippen LogP contribution in [0.5, 0.6) is 5.75 Å². The molecule has 0 aliphatic heterocycles. The molecule has 1 heterocycles. The van der Waals surface area contributed by atoms with Gasteiger partial charge in [-0.05, 0) is 66.4 Å². The number of methoxy groups -OCH3 is 1. The quantitative estimate of drug-likeness (QED) is 0.339. The van der Waals surface area contributed by atoms with E-state index in [1.54, 1.807) is 6.07 Å². The lowest BCUT2D eigenvalue weighted by molar-refractivity contribution is -0.139. The molecule has 4 aromatic rings. The molecule has 0 amide bonds. The van der Waals surface area contributed by atoms with Gasteiger partial charge in [0.1, 0.15) is 18.2 Å². The number of halogens is 1. The Kier molecular flexibility index (Phi) is 6.98. The fourth-order valence-electron chi connectivity index (χ4n) is 4.16. The first-order chi connectivity index (χ1) is 16.4. The molecule has 176 valence electrons. The molecule has 0 unspecified atom stereocenters. The molecule has 0 fully saturated rings. The van der Waals surface area contributed by atoms with Crippen LogP contribution in [0.4, 0.5) is 4.39 Å². The van der Waals surface area contributed by atoms with Crippen molar-refractivity contribution in [2.75, 3.05) is 7.11 Å². The Hall–Kier alpha value is -3.64. The lowest BCUT2D eigenvalue weighted by atomic mass is 9.97. The number of hydrogen-bond acceptors (Lipinski definition) is 4. The molecule has 0 spiro atoms. The number of hydrogen-bond donors (Lipinski definition) is 1. The monoisotopic (exact) mass is 460 g/mol. The molecule has 0 bridgehead atoms. The van der Waals surface area contributed by atoms with Crippen molar-refractivity contribution in [1.29, 1.82) is 0 Å². The minimum atomic E-state index is -0.424. The number of carbonyl (C=O) groups is 1. The Labute approximate surface area is 198 Å². The molecular weight excluding hydrogens is 431 g/mol. The third kappa shape index (κ3) is 4.97. The summed E-state index contributed by atoms with van der Waals surface area (Å²) in [6, 6.07) is 19.0. The summed E-state index contributed by atoms with van der Waals surface area (Å²) in [6.07, 6.45) is 2.11. The van der Waals surface area contributed by atoms with Crippen molar-refractivity contribution in [1.82, 2.24) is 4.57 Å². The Morgan fingerprint density at radius 2 is 1.88 bits per heavy atom. The van der Waals surface area contributed by atoms with E-state index in [2.05, 4.69) is 54.9 Å². The van der Waals surface area contributed by atoms with Crippen LogP contribution in [-0.4, -0.2) is 17.6 Å². The number of rotatable bonds is 8. The molecule has 0 aliphatic carbocycles. The van der Waals surface area contributed by atoms with Crippen molar-refractivity contribution < 1.29 is 18.7 Å². The van der Waals surface area contributed by atoms with Crippen LogP contribution >= 0.6 is 0 Å². The van der Waals surface area contributed by atoms with Gasteiger partial charge in [-0.15, -0.1) is 0 Å². The molecule has 0 atom stereocenters. The van der Waals surface area contributed by atoms with Crippen molar-refractivity contribution in [3.05, 3.63) is 89.4 Å². The van der Waals surface area contributed by atoms with Crippen molar-refractivity contribution in [3.63, 3.8) is 0 Å². The molecule has 0 saturated carbocycles. The van der Waals surface area contributed by atoms with Gasteiger partial charge in [0.25, 0.3) is 0 Å².